The highest BCUT2D eigenvalue weighted by atomic mass is 16.5. The van der Waals surface area contributed by atoms with E-state index in [-0.39, 0.29) is 12.6 Å². The van der Waals surface area contributed by atoms with Crippen molar-refractivity contribution in [1.82, 2.24) is 10.2 Å². The molecular weight excluding hydrogens is 256 g/mol. The van der Waals surface area contributed by atoms with Gasteiger partial charge in [0.2, 0.25) is 0 Å². The van der Waals surface area contributed by atoms with Gasteiger partial charge in [-0.25, -0.2) is 0 Å². The highest BCUT2D eigenvalue weighted by Gasteiger charge is 2.27. The molecule has 1 aliphatic rings. The molecule has 0 aromatic heterocycles. The minimum atomic E-state index is 0.119. The summed E-state index contributed by atoms with van der Waals surface area (Å²) in [5, 5.41) is 12.8. The van der Waals surface area contributed by atoms with E-state index in [1.807, 2.05) is 18.2 Å². The number of nitrogens with one attached hydrogen (secondary N) is 1. The second-order valence-electron chi connectivity index (χ2n) is 4.89. The number of benzene rings is 1. The first-order chi connectivity index (χ1) is 9.81. The van der Waals surface area contributed by atoms with Gasteiger partial charge in [-0.3, -0.25) is 4.90 Å². The van der Waals surface area contributed by atoms with Crippen molar-refractivity contribution < 1.29 is 14.6 Å². The number of ether oxygens (including phenoxy) is 2. The molecule has 1 fully saturated rings. The summed E-state index contributed by atoms with van der Waals surface area (Å²) in [5.41, 5.74) is 1.04. The number of aliphatic hydroxyl groups excluding tert-OH is 1. The van der Waals surface area contributed by atoms with Crippen LogP contribution in [0, 0.1) is 0 Å². The van der Waals surface area contributed by atoms with Crippen molar-refractivity contribution in [1.29, 1.82) is 0 Å². The lowest BCUT2D eigenvalue weighted by atomic mass is 9.99. The van der Waals surface area contributed by atoms with Crippen LogP contribution in [0.15, 0.2) is 18.2 Å². The number of rotatable bonds is 6. The standard InChI is InChI=1S/C15H24N2O3/c1-19-13-4-3-5-14(20-2)15(13)12(6-11-18)17-9-7-16-8-10-17/h3-5,12,16,18H,6-11H2,1-2H3/t12-/m0/s1. The van der Waals surface area contributed by atoms with Crippen LogP contribution < -0.4 is 14.8 Å². The molecule has 1 aromatic rings. The van der Waals surface area contributed by atoms with Crippen LogP contribution in [0.3, 0.4) is 0 Å². The molecular formula is C15H24N2O3. The van der Waals surface area contributed by atoms with Gasteiger partial charge < -0.3 is 19.9 Å². The number of hydrogen-bond donors (Lipinski definition) is 2. The van der Waals surface area contributed by atoms with Crippen LogP contribution in [0.4, 0.5) is 0 Å². The summed E-state index contributed by atoms with van der Waals surface area (Å²) in [6.45, 7) is 4.02. The van der Waals surface area contributed by atoms with E-state index in [9.17, 15) is 5.11 Å². The Balaban J connectivity index is 2.36. The summed E-state index contributed by atoms with van der Waals surface area (Å²) in [6, 6.07) is 5.94. The van der Waals surface area contributed by atoms with Crippen molar-refractivity contribution in [2.24, 2.45) is 0 Å². The topological polar surface area (TPSA) is 54.0 Å². The SMILES string of the molecule is COc1cccc(OC)c1[C@H](CCO)N1CCNCC1. The molecule has 5 heteroatoms. The van der Waals surface area contributed by atoms with Crippen LogP contribution in [-0.4, -0.2) is 57.0 Å². The maximum absolute atomic E-state index is 9.43. The van der Waals surface area contributed by atoms with Crippen molar-refractivity contribution >= 4 is 0 Å². The van der Waals surface area contributed by atoms with Crippen molar-refractivity contribution in [3.8, 4) is 11.5 Å². The fraction of sp³-hybridized carbons (Fsp3) is 0.600. The third kappa shape index (κ3) is 3.23. The summed E-state index contributed by atoms with van der Waals surface area (Å²) in [5.74, 6) is 1.64. The molecule has 2 rings (SSSR count). The molecule has 112 valence electrons. The van der Waals surface area contributed by atoms with Crippen LogP contribution in [-0.2, 0) is 0 Å². The van der Waals surface area contributed by atoms with E-state index in [2.05, 4.69) is 10.2 Å². The number of hydrogen-bond acceptors (Lipinski definition) is 5. The van der Waals surface area contributed by atoms with E-state index in [1.165, 1.54) is 0 Å². The van der Waals surface area contributed by atoms with Gasteiger partial charge in [-0.1, -0.05) is 6.07 Å². The van der Waals surface area contributed by atoms with E-state index in [0.29, 0.717) is 6.42 Å². The Morgan fingerprint density at radius 1 is 1.20 bits per heavy atom. The predicted molar refractivity (Wildman–Crippen MR) is 78.4 cm³/mol. The molecule has 0 unspecified atom stereocenters. The number of piperazine rings is 1. The van der Waals surface area contributed by atoms with Crippen molar-refractivity contribution in [3.63, 3.8) is 0 Å². The maximum atomic E-state index is 9.43. The molecule has 0 aliphatic carbocycles. The molecule has 5 nitrogen and oxygen atoms in total. The molecule has 0 amide bonds. The summed E-state index contributed by atoms with van der Waals surface area (Å²) in [4.78, 5) is 2.38. The Hall–Kier alpha value is -1.30. The van der Waals surface area contributed by atoms with Gasteiger partial charge in [0.1, 0.15) is 11.5 Å². The molecule has 1 aromatic carbocycles. The third-order valence-corrected chi connectivity index (χ3v) is 3.79. The summed E-state index contributed by atoms with van der Waals surface area (Å²) in [6.07, 6.45) is 0.677. The zero-order valence-electron chi connectivity index (χ0n) is 12.3. The molecule has 0 radical (unpaired) electrons. The highest BCUT2D eigenvalue weighted by molar-refractivity contribution is 5.47. The minimum absolute atomic E-state index is 0.119. The maximum Gasteiger partial charge on any atom is 0.127 e. The van der Waals surface area contributed by atoms with Gasteiger partial charge in [-0.2, -0.15) is 0 Å². The molecule has 20 heavy (non-hydrogen) atoms. The van der Waals surface area contributed by atoms with Crippen LogP contribution in [0.5, 0.6) is 11.5 Å². The molecule has 2 N–H and O–H groups in total. The first kappa shape index (κ1) is 15.1. The highest BCUT2D eigenvalue weighted by Crippen LogP contribution is 2.38. The number of nitrogens with zero attached hydrogens (tertiary/aromatic N) is 1. The Bertz CT molecular complexity index is 397. The van der Waals surface area contributed by atoms with Crippen molar-refractivity contribution in [3.05, 3.63) is 23.8 Å². The second kappa shape index (κ2) is 7.47. The van der Waals surface area contributed by atoms with Crippen LogP contribution >= 0.6 is 0 Å². The van der Waals surface area contributed by atoms with E-state index in [4.69, 9.17) is 9.47 Å². The van der Waals surface area contributed by atoms with Gasteiger partial charge in [0.05, 0.1) is 19.8 Å². The average molecular weight is 280 g/mol. The predicted octanol–water partition coefficient (Wildman–Crippen LogP) is 1.03. The van der Waals surface area contributed by atoms with Crippen molar-refractivity contribution in [2.45, 2.75) is 12.5 Å². The van der Waals surface area contributed by atoms with E-state index in [1.54, 1.807) is 14.2 Å². The molecule has 0 bridgehead atoms. The molecule has 0 saturated carbocycles. The van der Waals surface area contributed by atoms with Gasteiger partial charge in [0.15, 0.2) is 0 Å². The van der Waals surface area contributed by atoms with Crippen LogP contribution in [0.25, 0.3) is 0 Å². The minimum Gasteiger partial charge on any atom is -0.496 e. The van der Waals surface area contributed by atoms with Crippen LogP contribution in [0.2, 0.25) is 0 Å². The fourth-order valence-corrected chi connectivity index (χ4v) is 2.83. The zero-order chi connectivity index (χ0) is 14.4. The Morgan fingerprint density at radius 2 is 1.80 bits per heavy atom. The second-order valence-corrected chi connectivity index (χ2v) is 4.89. The van der Waals surface area contributed by atoms with Gasteiger partial charge in [-0.05, 0) is 18.6 Å². The summed E-state index contributed by atoms with van der Waals surface area (Å²) >= 11 is 0. The van der Waals surface area contributed by atoms with Gasteiger partial charge in [0.25, 0.3) is 0 Å². The Morgan fingerprint density at radius 3 is 2.30 bits per heavy atom. The average Bonchev–Trinajstić information content (AvgIpc) is 2.52. The lowest BCUT2D eigenvalue weighted by Gasteiger charge is -2.36. The quantitative estimate of drug-likeness (QED) is 0.815. The number of aliphatic hydroxyl groups is 1. The van der Waals surface area contributed by atoms with Gasteiger partial charge in [0, 0.05) is 38.8 Å². The molecule has 1 atom stereocenters. The lowest BCUT2D eigenvalue weighted by molar-refractivity contribution is 0.136. The first-order valence-electron chi connectivity index (χ1n) is 7.08. The Kier molecular flexibility index (Phi) is 5.64. The lowest BCUT2D eigenvalue weighted by Crippen LogP contribution is -2.45. The molecule has 1 aliphatic heterocycles. The van der Waals surface area contributed by atoms with Gasteiger partial charge >= 0.3 is 0 Å². The third-order valence-electron chi connectivity index (χ3n) is 3.79. The van der Waals surface area contributed by atoms with E-state index in [0.717, 1.165) is 43.2 Å². The monoisotopic (exact) mass is 280 g/mol. The smallest absolute Gasteiger partial charge is 0.127 e. The normalized spacial score (nSPS) is 17.8. The molecule has 1 heterocycles. The zero-order valence-corrected chi connectivity index (χ0v) is 12.3. The fourth-order valence-electron chi connectivity index (χ4n) is 2.83. The molecule has 0 spiro atoms. The number of methoxy groups -OCH3 is 2. The largest absolute Gasteiger partial charge is 0.496 e. The Labute approximate surface area is 120 Å². The first-order valence-corrected chi connectivity index (χ1v) is 7.08. The van der Waals surface area contributed by atoms with E-state index < -0.39 is 0 Å². The summed E-state index contributed by atoms with van der Waals surface area (Å²) in [7, 11) is 3.35. The van der Waals surface area contributed by atoms with Gasteiger partial charge in [-0.15, -0.1) is 0 Å². The van der Waals surface area contributed by atoms with Crippen LogP contribution in [0.1, 0.15) is 18.0 Å². The molecule has 1 saturated heterocycles. The van der Waals surface area contributed by atoms with Crippen molar-refractivity contribution in [2.75, 3.05) is 47.0 Å². The van der Waals surface area contributed by atoms with E-state index >= 15 is 0 Å². The summed E-state index contributed by atoms with van der Waals surface area (Å²) < 4.78 is 11.0.